The van der Waals surface area contributed by atoms with Crippen molar-refractivity contribution >= 4 is 22.9 Å². The lowest BCUT2D eigenvalue weighted by Gasteiger charge is -2.20. The van der Waals surface area contributed by atoms with Gasteiger partial charge >= 0.3 is 0 Å². The van der Waals surface area contributed by atoms with E-state index in [1.165, 1.54) is 10.4 Å². The zero-order valence-electron chi connectivity index (χ0n) is 11.5. The van der Waals surface area contributed by atoms with E-state index in [-0.39, 0.29) is 0 Å². The SMILES string of the molecule is Clc1ccc(CN(Cc2ccco2)Cc2cccs2)cc1. The Labute approximate surface area is 133 Å². The van der Waals surface area contributed by atoms with Gasteiger partial charge in [0.25, 0.3) is 0 Å². The lowest BCUT2D eigenvalue weighted by atomic mass is 10.2. The van der Waals surface area contributed by atoms with Crippen molar-refractivity contribution in [2.45, 2.75) is 19.6 Å². The molecule has 3 aromatic rings. The van der Waals surface area contributed by atoms with E-state index in [4.69, 9.17) is 16.0 Å². The van der Waals surface area contributed by atoms with Gasteiger partial charge in [0.1, 0.15) is 5.76 Å². The molecule has 2 heterocycles. The summed E-state index contributed by atoms with van der Waals surface area (Å²) in [6, 6.07) is 16.2. The maximum Gasteiger partial charge on any atom is 0.117 e. The molecule has 0 bridgehead atoms. The summed E-state index contributed by atoms with van der Waals surface area (Å²) < 4.78 is 5.48. The number of nitrogens with zero attached hydrogens (tertiary/aromatic N) is 1. The average molecular weight is 318 g/mol. The van der Waals surface area contributed by atoms with Crippen molar-refractivity contribution in [1.82, 2.24) is 4.90 Å². The van der Waals surface area contributed by atoms with Crippen LogP contribution in [-0.4, -0.2) is 4.90 Å². The third-order valence-electron chi connectivity index (χ3n) is 3.24. The van der Waals surface area contributed by atoms with Crippen molar-refractivity contribution in [3.05, 3.63) is 81.4 Å². The fourth-order valence-electron chi connectivity index (χ4n) is 2.26. The van der Waals surface area contributed by atoms with Crippen molar-refractivity contribution in [3.8, 4) is 0 Å². The second-order valence-corrected chi connectivity index (χ2v) is 6.40. The van der Waals surface area contributed by atoms with Gasteiger partial charge in [-0.3, -0.25) is 4.90 Å². The molecule has 3 rings (SSSR count). The highest BCUT2D eigenvalue weighted by molar-refractivity contribution is 7.09. The highest BCUT2D eigenvalue weighted by Gasteiger charge is 2.10. The lowest BCUT2D eigenvalue weighted by Crippen LogP contribution is -2.21. The maximum atomic E-state index is 5.95. The van der Waals surface area contributed by atoms with Crippen LogP contribution in [0, 0.1) is 0 Å². The molecular formula is C17H16ClNOS. The fraction of sp³-hybridized carbons (Fsp3) is 0.176. The molecule has 0 fully saturated rings. The molecule has 1 aromatic carbocycles. The summed E-state index contributed by atoms with van der Waals surface area (Å²) in [6.45, 7) is 2.59. The Morgan fingerprint density at radius 2 is 1.81 bits per heavy atom. The van der Waals surface area contributed by atoms with Gasteiger partial charge in [-0.1, -0.05) is 29.8 Å². The van der Waals surface area contributed by atoms with Gasteiger partial charge in [-0.05, 0) is 41.3 Å². The molecule has 0 saturated heterocycles. The van der Waals surface area contributed by atoms with E-state index in [1.807, 2.05) is 24.3 Å². The minimum atomic E-state index is 0.773. The molecule has 0 aliphatic heterocycles. The second-order valence-electron chi connectivity index (χ2n) is 4.93. The van der Waals surface area contributed by atoms with E-state index in [1.54, 1.807) is 17.6 Å². The normalized spacial score (nSPS) is 11.1. The summed E-state index contributed by atoms with van der Waals surface area (Å²) in [6.07, 6.45) is 1.72. The molecule has 0 radical (unpaired) electrons. The third-order valence-corrected chi connectivity index (χ3v) is 4.35. The summed E-state index contributed by atoms with van der Waals surface area (Å²) in [5.41, 5.74) is 1.25. The van der Waals surface area contributed by atoms with Crippen molar-refractivity contribution < 1.29 is 4.42 Å². The second kappa shape index (κ2) is 6.94. The Balaban J connectivity index is 1.72. The van der Waals surface area contributed by atoms with Gasteiger partial charge in [0.2, 0.25) is 0 Å². The molecule has 0 amide bonds. The van der Waals surface area contributed by atoms with Gasteiger partial charge in [0, 0.05) is 23.0 Å². The van der Waals surface area contributed by atoms with Crippen LogP contribution in [0.1, 0.15) is 16.2 Å². The number of hydrogen-bond acceptors (Lipinski definition) is 3. The Morgan fingerprint density at radius 3 is 2.48 bits per heavy atom. The van der Waals surface area contributed by atoms with Crippen LogP contribution in [0.2, 0.25) is 5.02 Å². The minimum Gasteiger partial charge on any atom is -0.468 e. The Bertz CT molecular complexity index is 610. The van der Waals surface area contributed by atoms with Crippen LogP contribution in [-0.2, 0) is 19.6 Å². The molecule has 0 N–H and O–H groups in total. The first-order valence-corrected chi connectivity index (χ1v) is 8.07. The zero-order valence-corrected chi connectivity index (χ0v) is 13.1. The molecule has 0 aliphatic rings. The molecule has 2 nitrogen and oxygen atoms in total. The van der Waals surface area contributed by atoms with Gasteiger partial charge in [-0.15, -0.1) is 11.3 Å². The van der Waals surface area contributed by atoms with E-state index < -0.39 is 0 Å². The summed E-state index contributed by atoms with van der Waals surface area (Å²) in [5.74, 6) is 0.987. The number of rotatable bonds is 6. The fourth-order valence-corrected chi connectivity index (χ4v) is 3.13. The van der Waals surface area contributed by atoms with Crippen molar-refractivity contribution in [2.75, 3.05) is 0 Å². The van der Waals surface area contributed by atoms with E-state index in [0.717, 1.165) is 30.4 Å². The summed E-state index contributed by atoms with van der Waals surface area (Å²) in [7, 11) is 0. The van der Waals surface area contributed by atoms with E-state index in [9.17, 15) is 0 Å². The molecule has 2 aromatic heterocycles. The maximum absolute atomic E-state index is 5.95. The van der Waals surface area contributed by atoms with Crippen LogP contribution in [0.15, 0.2) is 64.6 Å². The monoisotopic (exact) mass is 317 g/mol. The molecule has 0 atom stereocenters. The van der Waals surface area contributed by atoms with Crippen LogP contribution in [0.3, 0.4) is 0 Å². The Kier molecular flexibility index (Phi) is 4.76. The topological polar surface area (TPSA) is 16.4 Å². The highest BCUT2D eigenvalue weighted by Crippen LogP contribution is 2.18. The Hall–Kier alpha value is -1.55. The van der Waals surface area contributed by atoms with Crippen LogP contribution in [0.5, 0.6) is 0 Å². The minimum absolute atomic E-state index is 0.773. The molecule has 108 valence electrons. The predicted molar refractivity (Wildman–Crippen MR) is 87.4 cm³/mol. The van der Waals surface area contributed by atoms with Gasteiger partial charge < -0.3 is 4.42 Å². The largest absolute Gasteiger partial charge is 0.468 e. The quantitative estimate of drug-likeness (QED) is 0.621. The molecule has 0 aliphatic carbocycles. The molecule has 4 heteroatoms. The highest BCUT2D eigenvalue weighted by atomic mass is 35.5. The average Bonchev–Trinajstić information content (AvgIpc) is 3.15. The first-order chi connectivity index (χ1) is 10.3. The van der Waals surface area contributed by atoms with Crippen LogP contribution >= 0.6 is 22.9 Å². The lowest BCUT2D eigenvalue weighted by molar-refractivity contribution is 0.229. The molecular weight excluding hydrogens is 302 g/mol. The first kappa shape index (κ1) is 14.4. The summed E-state index contributed by atoms with van der Waals surface area (Å²) in [5, 5.41) is 2.89. The standard InChI is InChI=1S/C17H16ClNOS/c18-15-7-5-14(6-8-15)11-19(12-16-3-1-9-20-16)13-17-4-2-10-21-17/h1-10H,11-13H2. The van der Waals surface area contributed by atoms with Gasteiger partial charge in [-0.2, -0.15) is 0 Å². The van der Waals surface area contributed by atoms with Gasteiger partial charge in [0.15, 0.2) is 0 Å². The van der Waals surface area contributed by atoms with E-state index in [0.29, 0.717) is 0 Å². The number of benzene rings is 1. The van der Waals surface area contributed by atoms with E-state index >= 15 is 0 Å². The molecule has 0 saturated carbocycles. The molecule has 0 spiro atoms. The zero-order chi connectivity index (χ0) is 14.5. The van der Waals surface area contributed by atoms with Crippen molar-refractivity contribution in [1.29, 1.82) is 0 Å². The number of furan rings is 1. The number of thiophene rings is 1. The predicted octanol–water partition coefficient (Wildman–Crippen LogP) is 5.20. The van der Waals surface area contributed by atoms with Crippen LogP contribution in [0.25, 0.3) is 0 Å². The van der Waals surface area contributed by atoms with Gasteiger partial charge in [0.05, 0.1) is 12.8 Å². The van der Waals surface area contributed by atoms with E-state index in [2.05, 4.69) is 34.5 Å². The number of halogens is 1. The van der Waals surface area contributed by atoms with Crippen LogP contribution < -0.4 is 0 Å². The Morgan fingerprint density at radius 1 is 0.952 bits per heavy atom. The first-order valence-electron chi connectivity index (χ1n) is 6.81. The number of hydrogen-bond donors (Lipinski definition) is 0. The summed E-state index contributed by atoms with van der Waals surface area (Å²) in [4.78, 5) is 3.73. The third kappa shape index (κ3) is 4.21. The van der Waals surface area contributed by atoms with Gasteiger partial charge in [-0.25, -0.2) is 0 Å². The van der Waals surface area contributed by atoms with Crippen molar-refractivity contribution in [3.63, 3.8) is 0 Å². The summed E-state index contributed by atoms with van der Waals surface area (Å²) >= 11 is 7.73. The smallest absolute Gasteiger partial charge is 0.117 e. The van der Waals surface area contributed by atoms with Crippen LogP contribution in [0.4, 0.5) is 0 Å². The van der Waals surface area contributed by atoms with Crippen molar-refractivity contribution in [2.24, 2.45) is 0 Å². The molecule has 0 unspecified atom stereocenters. The molecule has 21 heavy (non-hydrogen) atoms.